The van der Waals surface area contributed by atoms with E-state index in [2.05, 4.69) is 20.7 Å². The zero-order valence-corrected chi connectivity index (χ0v) is 18.8. The number of nitrogens with one attached hydrogen (secondary N) is 2. The summed E-state index contributed by atoms with van der Waals surface area (Å²) in [6.45, 7) is 1.60. The van der Waals surface area contributed by atoms with Crippen LogP contribution in [0.5, 0.6) is 0 Å². The summed E-state index contributed by atoms with van der Waals surface area (Å²) >= 11 is 12.6. The molecule has 0 saturated heterocycles. The monoisotopic (exact) mass is 461 g/mol. The minimum absolute atomic E-state index is 0.0497. The molecule has 4 bridgehead atoms. The maximum Gasteiger partial charge on any atom is 0.288 e. The lowest BCUT2D eigenvalue weighted by atomic mass is 9.80. The van der Waals surface area contributed by atoms with E-state index in [1.807, 2.05) is 6.92 Å². The Bertz CT molecular complexity index is 1070. The predicted molar refractivity (Wildman–Crippen MR) is 119 cm³/mol. The fourth-order valence-electron chi connectivity index (χ4n) is 6.17. The molecular weight excluding hydrogens is 437 g/mol. The van der Waals surface area contributed by atoms with Crippen LogP contribution in [0.25, 0.3) is 0 Å². The van der Waals surface area contributed by atoms with Crippen LogP contribution in [0.3, 0.4) is 0 Å². The van der Waals surface area contributed by atoms with Crippen molar-refractivity contribution >= 4 is 34.8 Å². The summed E-state index contributed by atoms with van der Waals surface area (Å²) in [4.78, 5) is 29.2. The molecule has 0 aromatic carbocycles. The van der Waals surface area contributed by atoms with Crippen LogP contribution in [0.15, 0.2) is 29.5 Å². The lowest BCUT2D eigenvalue weighted by Gasteiger charge is -2.35. The molecule has 4 saturated carbocycles. The van der Waals surface area contributed by atoms with Crippen LogP contribution >= 0.6 is 23.2 Å². The van der Waals surface area contributed by atoms with Gasteiger partial charge < -0.3 is 10.6 Å². The number of halogens is 2. The van der Waals surface area contributed by atoms with Gasteiger partial charge in [-0.05, 0) is 68.4 Å². The number of rotatable bonds is 6. The van der Waals surface area contributed by atoms with Gasteiger partial charge in [-0.25, -0.2) is 4.68 Å². The van der Waals surface area contributed by atoms with Gasteiger partial charge >= 0.3 is 0 Å². The number of aromatic nitrogens is 3. The predicted octanol–water partition coefficient (Wildman–Crippen LogP) is 3.81. The van der Waals surface area contributed by atoms with E-state index in [4.69, 9.17) is 23.2 Å². The minimum Gasteiger partial charge on any atom is -0.377 e. The molecular formula is C22H25Cl2N5O2. The highest BCUT2D eigenvalue weighted by atomic mass is 35.5. The highest BCUT2D eigenvalue weighted by Crippen LogP contribution is 2.61. The Labute approximate surface area is 190 Å². The molecule has 4 aliphatic rings. The third kappa shape index (κ3) is 3.72. The number of hydrogen-bond donors (Lipinski definition) is 2. The summed E-state index contributed by atoms with van der Waals surface area (Å²) < 4.78 is 1.10. The topological polar surface area (TPSA) is 88.9 Å². The first-order valence-corrected chi connectivity index (χ1v) is 11.5. The van der Waals surface area contributed by atoms with Gasteiger partial charge in [-0.3, -0.25) is 14.6 Å². The number of carbonyl (C=O) groups is 1. The van der Waals surface area contributed by atoms with E-state index in [0.29, 0.717) is 16.6 Å². The first kappa shape index (κ1) is 20.8. The van der Waals surface area contributed by atoms with Crippen LogP contribution in [-0.2, 0) is 11.3 Å². The molecule has 2 heterocycles. The number of hydrogen-bond acceptors (Lipinski definition) is 5. The Hall–Kier alpha value is -2.12. The standard InChI is InChI=1S/C22H25Cl2N5O2/c1-12(16-2-3-25-9-17(16)23)27-19(30)11-29-21(31)20(24)18(10-26-29)28-22-7-13-4-14(8-22)6-15(22)5-13/h2-3,9-10,12-15,28H,4-8,11H2,1H3,(H,27,30). The van der Waals surface area contributed by atoms with E-state index in [1.54, 1.807) is 18.5 Å². The molecule has 9 heteroatoms. The summed E-state index contributed by atoms with van der Waals surface area (Å²) in [6.07, 6.45) is 10.9. The molecule has 31 heavy (non-hydrogen) atoms. The maximum absolute atomic E-state index is 12.8. The van der Waals surface area contributed by atoms with Crippen molar-refractivity contribution in [3.63, 3.8) is 0 Å². The molecule has 7 nitrogen and oxygen atoms in total. The van der Waals surface area contributed by atoms with E-state index in [0.717, 1.165) is 34.9 Å². The van der Waals surface area contributed by atoms with E-state index < -0.39 is 5.56 Å². The lowest BCUT2D eigenvalue weighted by molar-refractivity contribution is -0.122. The van der Waals surface area contributed by atoms with Crippen LogP contribution in [-0.4, -0.2) is 26.2 Å². The van der Waals surface area contributed by atoms with Crippen LogP contribution in [0.1, 0.15) is 50.6 Å². The van der Waals surface area contributed by atoms with Gasteiger partial charge in [0.1, 0.15) is 11.6 Å². The summed E-state index contributed by atoms with van der Waals surface area (Å²) in [5.74, 6) is 1.88. The third-order valence-electron chi connectivity index (χ3n) is 7.30. The molecule has 3 unspecified atom stereocenters. The first-order valence-electron chi connectivity index (χ1n) is 10.8. The Morgan fingerprint density at radius 3 is 2.71 bits per heavy atom. The minimum atomic E-state index is -0.467. The summed E-state index contributed by atoms with van der Waals surface area (Å²) in [7, 11) is 0. The van der Waals surface area contributed by atoms with Gasteiger partial charge in [-0.2, -0.15) is 5.10 Å². The second kappa shape index (κ2) is 7.78. The maximum atomic E-state index is 12.8. The third-order valence-corrected chi connectivity index (χ3v) is 7.98. The molecule has 0 aliphatic heterocycles. The van der Waals surface area contributed by atoms with E-state index in [9.17, 15) is 9.59 Å². The fourth-order valence-corrected chi connectivity index (χ4v) is 6.65. The Balaban J connectivity index is 1.28. The van der Waals surface area contributed by atoms with Gasteiger partial charge in [0.2, 0.25) is 5.91 Å². The smallest absolute Gasteiger partial charge is 0.288 e. The van der Waals surface area contributed by atoms with Crippen molar-refractivity contribution in [3.8, 4) is 0 Å². The van der Waals surface area contributed by atoms with E-state index in [-0.39, 0.29) is 29.1 Å². The summed E-state index contributed by atoms with van der Waals surface area (Å²) in [5, 5.41) is 11.2. The molecule has 2 N–H and O–H groups in total. The summed E-state index contributed by atoms with van der Waals surface area (Å²) in [5.41, 5.74) is 0.913. The van der Waals surface area contributed by atoms with E-state index in [1.165, 1.54) is 25.5 Å². The molecule has 4 aliphatic carbocycles. The average molecular weight is 462 g/mol. The molecule has 2 aromatic rings. The van der Waals surface area contributed by atoms with Crippen molar-refractivity contribution in [2.24, 2.45) is 17.8 Å². The average Bonchev–Trinajstić information content (AvgIpc) is 3.11. The molecule has 2 aromatic heterocycles. The Morgan fingerprint density at radius 2 is 2.00 bits per heavy atom. The first-order chi connectivity index (χ1) is 14.8. The Morgan fingerprint density at radius 1 is 1.26 bits per heavy atom. The molecule has 4 fully saturated rings. The fraction of sp³-hybridized carbons (Fsp3) is 0.545. The van der Waals surface area contributed by atoms with Gasteiger partial charge in [0, 0.05) is 17.9 Å². The molecule has 164 valence electrons. The number of amides is 1. The van der Waals surface area contributed by atoms with Crippen molar-refractivity contribution in [3.05, 3.63) is 50.6 Å². The highest BCUT2D eigenvalue weighted by Gasteiger charge is 2.57. The lowest BCUT2D eigenvalue weighted by Crippen LogP contribution is -2.41. The molecule has 0 spiro atoms. The van der Waals surface area contributed by atoms with Crippen molar-refractivity contribution in [2.45, 2.75) is 57.2 Å². The quantitative estimate of drug-likeness (QED) is 0.682. The van der Waals surface area contributed by atoms with Crippen LogP contribution < -0.4 is 16.2 Å². The SMILES string of the molecule is CC(NC(=O)Cn1ncc(NC23CC4CC(CC2C4)C3)c(Cl)c1=O)c1ccncc1Cl. The van der Waals surface area contributed by atoms with Crippen LogP contribution in [0, 0.1) is 17.8 Å². The zero-order chi connectivity index (χ0) is 21.8. The van der Waals surface area contributed by atoms with Gasteiger partial charge in [0.15, 0.2) is 0 Å². The highest BCUT2D eigenvalue weighted by molar-refractivity contribution is 6.33. The molecule has 3 atom stereocenters. The van der Waals surface area contributed by atoms with Crippen molar-refractivity contribution in [1.29, 1.82) is 0 Å². The van der Waals surface area contributed by atoms with Crippen LogP contribution in [0.4, 0.5) is 5.69 Å². The van der Waals surface area contributed by atoms with Crippen LogP contribution in [0.2, 0.25) is 10.0 Å². The second-order valence-electron chi connectivity index (χ2n) is 9.35. The van der Waals surface area contributed by atoms with Crippen molar-refractivity contribution in [1.82, 2.24) is 20.1 Å². The van der Waals surface area contributed by atoms with Gasteiger partial charge in [0.05, 0.1) is 22.9 Å². The summed E-state index contributed by atoms with van der Waals surface area (Å²) in [6, 6.07) is 1.42. The molecule has 6 rings (SSSR count). The normalized spacial score (nSPS) is 29.2. The van der Waals surface area contributed by atoms with Gasteiger partial charge in [0.25, 0.3) is 5.56 Å². The molecule has 0 radical (unpaired) electrons. The largest absolute Gasteiger partial charge is 0.377 e. The van der Waals surface area contributed by atoms with Gasteiger partial charge in [-0.15, -0.1) is 0 Å². The number of nitrogens with zero attached hydrogens (tertiary/aromatic N) is 3. The number of anilines is 1. The van der Waals surface area contributed by atoms with Crippen molar-refractivity contribution in [2.75, 3.05) is 5.32 Å². The van der Waals surface area contributed by atoms with Crippen molar-refractivity contribution < 1.29 is 4.79 Å². The number of pyridine rings is 1. The second-order valence-corrected chi connectivity index (χ2v) is 10.1. The van der Waals surface area contributed by atoms with E-state index >= 15 is 0 Å². The molecule has 1 amide bonds. The number of carbonyl (C=O) groups excluding carboxylic acids is 1. The zero-order valence-electron chi connectivity index (χ0n) is 17.3. The van der Waals surface area contributed by atoms with Gasteiger partial charge in [-0.1, -0.05) is 23.2 Å². The Kier molecular flexibility index (Phi) is 5.21.